The first-order valence-corrected chi connectivity index (χ1v) is 12.6. The van der Waals surface area contributed by atoms with Gasteiger partial charge in [-0.1, -0.05) is 54.4 Å². The van der Waals surface area contributed by atoms with Crippen LogP contribution in [0.2, 0.25) is 10.0 Å². The van der Waals surface area contributed by atoms with E-state index in [1.165, 1.54) is 0 Å². The smallest absolute Gasteiger partial charge is 0.342 e. The van der Waals surface area contributed by atoms with Gasteiger partial charge in [0.1, 0.15) is 6.10 Å². The number of esters is 1. The van der Waals surface area contributed by atoms with Crippen LogP contribution in [0.4, 0.5) is 5.69 Å². The van der Waals surface area contributed by atoms with E-state index in [4.69, 9.17) is 32.8 Å². The number of fused-ring (bicyclic) bond motifs is 4. The van der Waals surface area contributed by atoms with Gasteiger partial charge in [-0.2, -0.15) is 0 Å². The molecule has 5 nitrogen and oxygen atoms in total. The number of hydroxylamine groups is 1. The van der Waals surface area contributed by atoms with Gasteiger partial charge < -0.3 is 4.74 Å². The summed E-state index contributed by atoms with van der Waals surface area (Å²) in [7, 11) is 0. The van der Waals surface area contributed by atoms with Gasteiger partial charge in [-0.05, 0) is 67.3 Å². The summed E-state index contributed by atoms with van der Waals surface area (Å²) in [6.45, 7) is 3.95. The number of ether oxygens (including phenoxy) is 1. The number of anilines is 1. The highest BCUT2D eigenvalue weighted by atomic mass is 35.5. The van der Waals surface area contributed by atoms with Crippen molar-refractivity contribution in [1.29, 1.82) is 0 Å². The number of carbonyl (C=O) groups is 2. The van der Waals surface area contributed by atoms with Crippen LogP contribution in [0.15, 0.2) is 71.8 Å². The Kier molecular flexibility index (Phi) is 5.19. The molecule has 35 heavy (non-hydrogen) atoms. The minimum Gasteiger partial charge on any atom is -0.455 e. The first-order chi connectivity index (χ1) is 16.7. The van der Waals surface area contributed by atoms with E-state index in [1.54, 1.807) is 23.3 Å². The van der Waals surface area contributed by atoms with Gasteiger partial charge in [0.25, 0.3) is 0 Å². The van der Waals surface area contributed by atoms with Gasteiger partial charge in [0.05, 0.1) is 11.7 Å². The Bertz CT molecular complexity index is 1310. The molecule has 2 heterocycles. The van der Waals surface area contributed by atoms with Crippen LogP contribution in [0.3, 0.4) is 0 Å². The van der Waals surface area contributed by atoms with Gasteiger partial charge in [0, 0.05) is 33.4 Å². The Balaban J connectivity index is 1.46. The van der Waals surface area contributed by atoms with Gasteiger partial charge >= 0.3 is 5.97 Å². The Labute approximate surface area is 214 Å². The maximum absolute atomic E-state index is 13.7. The molecule has 2 aliphatic carbocycles. The van der Waals surface area contributed by atoms with Crippen LogP contribution in [-0.2, 0) is 19.2 Å². The normalized spacial score (nSPS) is 33.8. The Hall–Kier alpha value is -2.60. The number of ketones is 1. The van der Waals surface area contributed by atoms with Crippen LogP contribution in [0.25, 0.3) is 0 Å². The maximum atomic E-state index is 13.7. The Morgan fingerprint density at radius 3 is 2.63 bits per heavy atom. The van der Waals surface area contributed by atoms with Crippen molar-refractivity contribution in [2.75, 3.05) is 5.06 Å². The monoisotopic (exact) mass is 509 g/mol. The molecule has 6 rings (SSSR count). The third-order valence-corrected chi connectivity index (χ3v) is 8.74. The van der Waals surface area contributed by atoms with Crippen LogP contribution >= 0.6 is 23.2 Å². The average Bonchev–Trinajstić information content (AvgIpc) is 3.37. The lowest BCUT2D eigenvalue weighted by Crippen LogP contribution is -2.47. The van der Waals surface area contributed by atoms with Crippen molar-refractivity contribution < 1.29 is 19.2 Å². The van der Waals surface area contributed by atoms with Crippen LogP contribution in [0.5, 0.6) is 0 Å². The van der Waals surface area contributed by atoms with Crippen molar-refractivity contribution in [1.82, 2.24) is 0 Å². The highest BCUT2D eigenvalue weighted by Crippen LogP contribution is 2.60. The lowest BCUT2D eigenvalue weighted by Gasteiger charge is -2.44. The molecule has 0 amide bonds. The second-order valence-corrected chi connectivity index (χ2v) is 11.0. The molecule has 2 aromatic rings. The fourth-order valence-corrected chi connectivity index (χ4v) is 6.81. The molecule has 0 aromatic heterocycles. The van der Waals surface area contributed by atoms with E-state index < -0.39 is 11.7 Å². The number of halogens is 2. The highest BCUT2D eigenvalue weighted by Gasteiger charge is 2.68. The molecule has 1 saturated carbocycles. The van der Waals surface area contributed by atoms with Crippen molar-refractivity contribution in [3.63, 3.8) is 0 Å². The molecular formula is C28H25Cl2NO4. The van der Waals surface area contributed by atoms with E-state index in [0.29, 0.717) is 22.0 Å². The molecule has 180 valence electrons. The van der Waals surface area contributed by atoms with Crippen LogP contribution in [0, 0.1) is 11.3 Å². The summed E-state index contributed by atoms with van der Waals surface area (Å²) in [5.74, 6) is -0.640. The van der Waals surface area contributed by atoms with E-state index in [0.717, 1.165) is 29.7 Å². The van der Waals surface area contributed by atoms with E-state index in [2.05, 4.69) is 6.92 Å². The van der Waals surface area contributed by atoms with Gasteiger partial charge in [-0.3, -0.25) is 9.63 Å². The van der Waals surface area contributed by atoms with Crippen LogP contribution in [0.1, 0.15) is 44.7 Å². The summed E-state index contributed by atoms with van der Waals surface area (Å²) in [5.41, 5.74) is 1.69. The average molecular weight is 510 g/mol. The summed E-state index contributed by atoms with van der Waals surface area (Å²) in [6.07, 6.45) is 5.02. The topological polar surface area (TPSA) is 55.8 Å². The quantitative estimate of drug-likeness (QED) is 0.437. The predicted octanol–water partition coefficient (Wildman–Crippen LogP) is 6.41. The fourth-order valence-electron chi connectivity index (χ4n) is 6.38. The maximum Gasteiger partial charge on any atom is 0.342 e. The van der Waals surface area contributed by atoms with E-state index in [-0.39, 0.29) is 29.1 Å². The molecule has 3 fully saturated rings. The molecule has 2 aromatic carbocycles. The molecule has 0 bridgehead atoms. The van der Waals surface area contributed by atoms with Crippen molar-refractivity contribution in [2.45, 2.75) is 50.9 Å². The van der Waals surface area contributed by atoms with Crippen LogP contribution in [-0.4, -0.2) is 23.5 Å². The first kappa shape index (κ1) is 22.8. The lowest BCUT2D eigenvalue weighted by atomic mass is 9.60. The second-order valence-electron chi connectivity index (χ2n) is 10.2. The number of carbonyl (C=O) groups excluding carboxylic acids is 2. The molecule has 4 aliphatic rings. The predicted molar refractivity (Wildman–Crippen MR) is 134 cm³/mol. The van der Waals surface area contributed by atoms with E-state index in [1.807, 2.05) is 49.4 Å². The van der Waals surface area contributed by atoms with Gasteiger partial charge in [-0.15, -0.1) is 0 Å². The minimum absolute atomic E-state index is 0.0306. The fraction of sp³-hybridized carbons (Fsp3) is 0.357. The number of rotatable bonds is 2. The van der Waals surface area contributed by atoms with Gasteiger partial charge in [-0.25, -0.2) is 9.86 Å². The van der Waals surface area contributed by atoms with Crippen molar-refractivity contribution in [3.8, 4) is 0 Å². The summed E-state index contributed by atoms with van der Waals surface area (Å²) >= 11 is 13.0. The second kappa shape index (κ2) is 7.95. The molecule has 0 radical (unpaired) electrons. The van der Waals surface area contributed by atoms with Crippen molar-refractivity contribution in [2.24, 2.45) is 11.3 Å². The first-order valence-electron chi connectivity index (χ1n) is 11.9. The Morgan fingerprint density at radius 1 is 1.09 bits per heavy atom. The summed E-state index contributed by atoms with van der Waals surface area (Å²) < 4.78 is 6.09. The molecule has 1 spiro atoms. The molecule has 2 saturated heterocycles. The minimum atomic E-state index is -1.18. The number of para-hydroxylation sites is 1. The standard InChI is InChI=1S/C28H25Cl2NO4/c1-16-23(32)11-13-27(2)12-10-20-25(24(16)27)34-26(33)28(20)15-22(19-14-17(29)8-9-21(19)30)31(35-28)18-6-4-3-5-7-18/h3-9,11,13-14,20,22,25H,10,12,15H2,1-2H3/t20-,22+,25+,27+,28?/m1/s1. The number of hydrogen-bond acceptors (Lipinski definition) is 5. The Morgan fingerprint density at radius 2 is 1.86 bits per heavy atom. The number of hydrogen-bond donors (Lipinski definition) is 0. The summed E-state index contributed by atoms with van der Waals surface area (Å²) in [6, 6.07) is 14.7. The lowest BCUT2D eigenvalue weighted by molar-refractivity contribution is -0.157. The highest BCUT2D eigenvalue weighted by molar-refractivity contribution is 6.33. The largest absolute Gasteiger partial charge is 0.455 e. The van der Waals surface area contributed by atoms with Gasteiger partial charge in [0.2, 0.25) is 5.60 Å². The van der Waals surface area contributed by atoms with Crippen molar-refractivity contribution >= 4 is 40.6 Å². The molecule has 5 atom stereocenters. The zero-order valence-electron chi connectivity index (χ0n) is 19.5. The van der Waals surface area contributed by atoms with Crippen molar-refractivity contribution in [3.05, 3.63) is 87.4 Å². The van der Waals surface area contributed by atoms with Crippen LogP contribution < -0.4 is 5.06 Å². The van der Waals surface area contributed by atoms with E-state index in [9.17, 15) is 9.59 Å². The van der Waals surface area contributed by atoms with Gasteiger partial charge in [0.15, 0.2) is 5.78 Å². The zero-order valence-corrected chi connectivity index (χ0v) is 21.0. The third-order valence-electron chi connectivity index (χ3n) is 8.16. The molecular weight excluding hydrogens is 485 g/mol. The summed E-state index contributed by atoms with van der Waals surface area (Å²) in [5, 5.41) is 2.90. The molecule has 1 unspecified atom stereocenters. The number of benzene rings is 2. The molecule has 0 N–H and O–H groups in total. The SMILES string of the molecule is CC1=C2[C@H]3OC(=O)C4(C[C@@H](c5cc(Cl)ccc5Cl)N(c5ccccc5)O4)[C@@H]3CC[C@@]2(C)C=CC1=O. The molecule has 7 heteroatoms. The third kappa shape index (κ3) is 3.32. The molecule has 2 aliphatic heterocycles. The zero-order chi connectivity index (χ0) is 24.5. The summed E-state index contributed by atoms with van der Waals surface area (Å²) in [4.78, 5) is 32.9. The van der Waals surface area contributed by atoms with E-state index >= 15 is 0 Å². The number of nitrogens with zero attached hydrogens (tertiary/aromatic N) is 1. The number of allylic oxidation sites excluding steroid dienone is 3.